The fourth-order valence-corrected chi connectivity index (χ4v) is 13.5. The number of aliphatic hydroxyl groups excluding tert-OH is 12. The van der Waals surface area contributed by atoms with Gasteiger partial charge in [0, 0.05) is 7.11 Å². The zero-order chi connectivity index (χ0) is 48.4. The van der Waals surface area contributed by atoms with Crippen molar-refractivity contribution < 1.29 is 104 Å². The van der Waals surface area contributed by atoms with Crippen molar-refractivity contribution in [2.75, 3.05) is 26.9 Å². The van der Waals surface area contributed by atoms with Gasteiger partial charge in [0.05, 0.1) is 38.1 Å². The summed E-state index contributed by atoms with van der Waals surface area (Å²) in [5.74, 6) is 1.39. The second kappa shape index (κ2) is 20.8. The maximum Gasteiger partial charge on any atom is 0.187 e. The molecule has 0 radical (unpaired) electrons. The molecular formula is C46H76O21. The summed E-state index contributed by atoms with van der Waals surface area (Å²) in [5.41, 5.74) is 1.21. The van der Waals surface area contributed by atoms with Gasteiger partial charge in [-0.2, -0.15) is 0 Å². The van der Waals surface area contributed by atoms with E-state index in [2.05, 4.69) is 19.9 Å². The summed E-state index contributed by atoms with van der Waals surface area (Å²) in [7, 11) is 1.41. The summed E-state index contributed by atoms with van der Waals surface area (Å²) in [6, 6.07) is 0. The summed E-state index contributed by atoms with van der Waals surface area (Å²) in [5, 5.41) is 125. The molecule has 21 heteroatoms. The molecule has 0 aromatic carbocycles. The van der Waals surface area contributed by atoms with Crippen LogP contribution in [-0.2, 0) is 42.6 Å². The van der Waals surface area contributed by atoms with E-state index < -0.39 is 149 Å². The third-order valence-electron chi connectivity index (χ3n) is 17.5. The molecule has 12 N–H and O–H groups in total. The normalized spacial score (nSPS) is 54.1. The first-order chi connectivity index (χ1) is 31.8. The number of aliphatic hydroxyl groups is 12. The second-order valence-electron chi connectivity index (χ2n) is 21.1. The number of hydrogen-bond donors (Lipinski definition) is 12. The van der Waals surface area contributed by atoms with Crippen LogP contribution in [0.4, 0.5) is 0 Å². The van der Waals surface area contributed by atoms with Crippen molar-refractivity contribution in [1.82, 2.24) is 0 Å². The highest BCUT2D eigenvalue weighted by atomic mass is 16.8. The Kier molecular flexibility index (Phi) is 16.2. The molecule has 21 nitrogen and oxygen atoms in total. The van der Waals surface area contributed by atoms with E-state index in [1.807, 2.05) is 6.92 Å². The van der Waals surface area contributed by atoms with Gasteiger partial charge in [-0.3, -0.25) is 0 Å². The van der Waals surface area contributed by atoms with Gasteiger partial charge in [0.1, 0.15) is 91.6 Å². The Morgan fingerprint density at radius 2 is 1.21 bits per heavy atom. The lowest BCUT2D eigenvalue weighted by Gasteiger charge is -2.58. The van der Waals surface area contributed by atoms with Gasteiger partial charge in [-0.15, -0.1) is 0 Å². The minimum Gasteiger partial charge on any atom is -0.394 e. The molecule has 0 amide bonds. The largest absolute Gasteiger partial charge is 0.394 e. The van der Waals surface area contributed by atoms with Crippen LogP contribution in [0.5, 0.6) is 0 Å². The smallest absolute Gasteiger partial charge is 0.187 e. The Hall–Kier alpha value is -1.10. The highest BCUT2D eigenvalue weighted by molar-refractivity contribution is 5.25. The van der Waals surface area contributed by atoms with Crippen molar-refractivity contribution in [3.05, 3.63) is 11.6 Å². The number of hydrogen-bond acceptors (Lipinski definition) is 21. The van der Waals surface area contributed by atoms with Crippen LogP contribution in [0.1, 0.15) is 79.1 Å². The maximum atomic E-state index is 11.5. The highest BCUT2D eigenvalue weighted by Crippen LogP contribution is 2.67. The Labute approximate surface area is 390 Å². The number of ether oxygens (including phenoxy) is 9. The van der Waals surface area contributed by atoms with E-state index in [4.69, 9.17) is 42.6 Å². The van der Waals surface area contributed by atoms with Crippen molar-refractivity contribution in [2.24, 2.45) is 34.5 Å². The van der Waals surface area contributed by atoms with Crippen molar-refractivity contribution >= 4 is 0 Å². The first kappa shape index (κ1) is 52.2. The van der Waals surface area contributed by atoms with Crippen molar-refractivity contribution in [3.63, 3.8) is 0 Å². The van der Waals surface area contributed by atoms with E-state index in [1.165, 1.54) is 12.7 Å². The average Bonchev–Trinajstić information content (AvgIpc) is 3.67. The van der Waals surface area contributed by atoms with Gasteiger partial charge in [-0.1, -0.05) is 25.5 Å². The first-order valence-electron chi connectivity index (χ1n) is 24.2. The quantitative estimate of drug-likeness (QED) is 0.0835. The molecule has 4 aliphatic carbocycles. The van der Waals surface area contributed by atoms with E-state index in [-0.39, 0.29) is 22.9 Å². The molecule has 0 spiro atoms. The van der Waals surface area contributed by atoms with Gasteiger partial charge >= 0.3 is 0 Å². The molecule has 0 aromatic rings. The Bertz CT molecular complexity index is 1670. The van der Waals surface area contributed by atoms with Crippen LogP contribution >= 0.6 is 0 Å². The maximum absolute atomic E-state index is 11.5. The highest BCUT2D eigenvalue weighted by Gasteiger charge is 2.61. The van der Waals surface area contributed by atoms with Crippen LogP contribution in [0.2, 0.25) is 0 Å². The van der Waals surface area contributed by atoms with Gasteiger partial charge in [0.2, 0.25) is 0 Å². The van der Waals surface area contributed by atoms with E-state index in [0.29, 0.717) is 24.2 Å². The van der Waals surface area contributed by atoms with Crippen molar-refractivity contribution in [1.29, 1.82) is 0 Å². The van der Waals surface area contributed by atoms with Gasteiger partial charge in [-0.05, 0) is 99.7 Å². The number of allylic oxidation sites excluding steroid dienone is 1. The molecule has 67 heavy (non-hydrogen) atoms. The topological polar surface area (TPSA) is 326 Å². The van der Waals surface area contributed by atoms with E-state index in [0.717, 1.165) is 44.9 Å². The van der Waals surface area contributed by atoms with Crippen LogP contribution < -0.4 is 0 Å². The molecular weight excluding hydrogens is 888 g/mol. The molecule has 0 aromatic heterocycles. The zero-order valence-electron chi connectivity index (χ0n) is 38.9. The molecule has 8 rings (SSSR count). The molecule has 7 fully saturated rings. The minimum absolute atomic E-state index is 0.0489. The van der Waals surface area contributed by atoms with Crippen LogP contribution in [0.3, 0.4) is 0 Å². The molecule has 386 valence electrons. The Morgan fingerprint density at radius 3 is 1.85 bits per heavy atom. The molecule has 8 aliphatic rings. The SMILES string of the molecule is COC1C(O)C(OC2CCC3(C)C(=CCC4C3CCC3(C)C(C(C)OC5OC(COC6OC(CO)C(O)C(O)C6O)C(O)C(O)C5O)CCC43)C2)OC(C)C1OC1OC(CO)C(O)C(O)C1O. The zero-order valence-corrected chi connectivity index (χ0v) is 38.9. The fourth-order valence-electron chi connectivity index (χ4n) is 13.5. The van der Waals surface area contributed by atoms with E-state index in [9.17, 15) is 61.3 Å². The van der Waals surface area contributed by atoms with Gasteiger partial charge in [0.25, 0.3) is 0 Å². The van der Waals surface area contributed by atoms with Gasteiger partial charge < -0.3 is 104 Å². The van der Waals surface area contributed by atoms with Crippen LogP contribution in [0.25, 0.3) is 0 Å². The monoisotopic (exact) mass is 964 g/mol. The summed E-state index contributed by atoms with van der Waals surface area (Å²) in [4.78, 5) is 0. The molecule has 4 heterocycles. The van der Waals surface area contributed by atoms with Crippen LogP contribution in [0, 0.1) is 34.5 Å². The third kappa shape index (κ3) is 9.56. The summed E-state index contributed by atoms with van der Waals surface area (Å²) >= 11 is 0. The number of methoxy groups -OCH3 is 1. The summed E-state index contributed by atoms with van der Waals surface area (Å²) in [6.45, 7) is 6.69. The molecule has 28 unspecified atom stereocenters. The van der Waals surface area contributed by atoms with Crippen LogP contribution in [0.15, 0.2) is 11.6 Å². The third-order valence-corrected chi connectivity index (χ3v) is 17.5. The molecule has 4 saturated heterocycles. The molecule has 0 bridgehead atoms. The lowest BCUT2D eigenvalue weighted by atomic mass is 9.47. The predicted molar refractivity (Wildman–Crippen MR) is 227 cm³/mol. The fraction of sp³-hybridized carbons (Fsp3) is 0.957. The van der Waals surface area contributed by atoms with Crippen molar-refractivity contribution in [3.8, 4) is 0 Å². The number of rotatable bonds is 13. The minimum atomic E-state index is -1.67. The van der Waals surface area contributed by atoms with E-state index in [1.54, 1.807) is 6.92 Å². The van der Waals surface area contributed by atoms with Crippen molar-refractivity contribution in [2.45, 2.75) is 214 Å². The second-order valence-corrected chi connectivity index (χ2v) is 21.1. The average molecular weight is 965 g/mol. The Balaban J connectivity index is 0.866. The van der Waals surface area contributed by atoms with Gasteiger partial charge in [0.15, 0.2) is 25.2 Å². The van der Waals surface area contributed by atoms with Gasteiger partial charge in [-0.25, -0.2) is 0 Å². The standard InChI is InChI=1S/C46H76O21/c1-18(61-42-36(56)34(54)31(51)28(66-42)17-60-41-35(55)32(52)29(49)26(15-47)64-41)23-8-9-24-22-7-6-20-14-21(10-12-45(20,3)25(22)11-13-46(23,24)4)63-44-38(58)40(59-5)39(19(2)62-44)67-43-37(57)33(53)30(50)27(16-48)65-43/h6,18-19,21-44,47-58H,7-17H2,1-5H3. The van der Waals surface area contributed by atoms with Crippen LogP contribution in [-0.4, -0.2) is 223 Å². The predicted octanol–water partition coefficient (Wildman–Crippen LogP) is -2.71. The first-order valence-corrected chi connectivity index (χ1v) is 24.2. The summed E-state index contributed by atoms with van der Waals surface area (Å²) in [6.07, 6.45) is -18.5. The lowest BCUT2D eigenvalue weighted by Crippen LogP contribution is -2.64. The molecule has 4 aliphatic heterocycles. The van der Waals surface area contributed by atoms with E-state index >= 15 is 0 Å². The molecule has 28 atom stereocenters. The summed E-state index contributed by atoms with van der Waals surface area (Å²) < 4.78 is 53.4. The molecule has 3 saturated carbocycles. The number of fused-ring (bicyclic) bond motifs is 5. The lowest BCUT2D eigenvalue weighted by molar-refractivity contribution is -0.361. The Morgan fingerprint density at radius 1 is 0.627 bits per heavy atom.